The van der Waals surface area contributed by atoms with Gasteiger partial charge in [0.15, 0.2) is 0 Å². The Morgan fingerprint density at radius 2 is 1.90 bits per heavy atom. The number of nitrogens with zero attached hydrogens (tertiary/aromatic N) is 1. The molecule has 6 nitrogen and oxygen atoms in total. The molecule has 0 spiro atoms. The van der Waals surface area contributed by atoms with Crippen molar-refractivity contribution in [1.82, 2.24) is 5.32 Å². The number of benzene rings is 2. The summed E-state index contributed by atoms with van der Waals surface area (Å²) in [6.45, 7) is 2.29. The van der Waals surface area contributed by atoms with Gasteiger partial charge in [0.25, 0.3) is 15.9 Å². The normalized spacial score (nSPS) is 12.7. The van der Waals surface area contributed by atoms with Crippen molar-refractivity contribution in [3.8, 4) is 0 Å². The molecule has 1 heterocycles. The molecule has 0 bridgehead atoms. The van der Waals surface area contributed by atoms with Crippen LogP contribution in [0.1, 0.15) is 16.6 Å². The molecule has 29 heavy (non-hydrogen) atoms. The van der Waals surface area contributed by atoms with Crippen molar-refractivity contribution < 1.29 is 17.9 Å². The van der Waals surface area contributed by atoms with E-state index < -0.39 is 10.0 Å². The van der Waals surface area contributed by atoms with Crippen LogP contribution in [0, 0.1) is 0 Å². The highest BCUT2D eigenvalue weighted by atomic mass is 35.5. The summed E-state index contributed by atoms with van der Waals surface area (Å²) in [6.07, 6.45) is 0. The second kappa shape index (κ2) is 8.71. The van der Waals surface area contributed by atoms with Gasteiger partial charge in [0, 0.05) is 29.9 Å². The number of rotatable bonds is 7. The standard InChI is InChI=1S/C20H21ClN2O4S2/c1-13(12-27-3)22-20(24)19-11-14-10-16(6-9-18(14)28-19)23(2)29(25,26)17-7-4-15(21)5-8-17/h4-11,13H,12H2,1-3H3,(H,22,24)/t13-/m1/s1. The van der Waals surface area contributed by atoms with Gasteiger partial charge < -0.3 is 10.1 Å². The number of methoxy groups -OCH3 is 1. The molecule has 0 saturated heterocycles. The van der Waals surface area contributed by atoms with E-state index in [4.69, 9.17) is 16.3 Å². The van der Waals surface area contributed by atoms with Crippen molar-refractivity contribution in [2.24, 2.45) is 0 Å². The number of anilines is 1. The van der Waals surface area contributed by atoms with E-state index in [1.54, 1.807) is 37.4 Å². The van der Waals surface area contributed by atoms with E-state index in [9.17, 15) is 13.2 Å². The molecule has 0 aliphatic rings. The number of carbonyl (C=O) groups excluding carboxylic acids is 1. The Morgan fingerprint density at radius 3 is 2.55 bits per heavy atom. The molecule has 3 rings (SSSR count). The van der Waals surface area contributed by atoms with Gasteiger partial charge in [-0.2, -0.15) is 0 Å². The fraction of sp³-hybridized carbons (Fsp3) is 0.250. The highest BCUT2D eigenvalue weighted by molar-refractivity contribution is 7.92. The highest BCUT2D eigenvalue weighted by Gasteiger charge is 2.22. The third-order valence-electron chi connectivity index (χ3n) is 4.35. The number of ether oxygens (including phenoxy) is 1. The average Bonchev–Trinajstić information content (AvgIpc) is 3.11. The van der Waals surface area contributed by atoms with Crippen molar-refractivity contribution in [2.75, 3.05) is 25.1 Å². The zero-order valence-electron chi connectivity index (χ0n) is 16.2. The number of halogens is 1. The van der Waals surface area contributed by atoms with Crippen molar-refractivity contribution in [3.63, 3.8) is 0 Å². The zero-order chi connectivity index (χ0) is 21.2. The van der Waals surface area contributed by atoms with Crippen LogP contribution in [0.3, 0.4) is 0 Å². The maximum atomic E-state index is 12.9. The third kappa shape index (κ3) is 4.72. The van der Waals surface area contributed by atoms with Crippen molar-refractivity contribution in [1.29, 1.82) is 0 Å². The number of thiophene rings is 1. The quantitative estimate of drug-likeness (QED) is 0.584. The van der Waals surface area contributed by atoms with Gasteiger partial charge in [-0.3, -0.25) is 9.10 Å². The first-order valence-electron chi connectivity index (χ1n) is 8.80. The van der Waals surface area contributed by atoms with Crippen molar-refractivity contribution in [3.05, 3.63) is 58.4 Å². The molecule has 0 saturated carbocycles. The molecule has 3 aromatic rings. The van der Waals surface area contributed by atoms with E-state index in [2.05, 4.69) is 5.32 Å². The maximum Gasteiger partial charge on any atom is 0.264 e. The molecule has 2 aromatic carbocycles. The first kappa shape index (κ1) is 21.6. The summed E-state index contributed by atoms with van der Waals surface area (Å²) in [4.78, 5) is 13.1. The molecule has 1 N–H and O–H groups in total. The van der Waals surface area contributed by atoms with Crippen molar-refractivity contribution >= 4 is 54.6 Å². The van der Waals surface area contributed by atoms with Gasteiger partial charge >= 0.3 is 0 Å². The lowest BCUT2D eigenvalue weighted by Gasteiger charge is -2.19. The van der Waals surface area contributed by atoms with Gasteiger partial charge in [-0.05, 0) is 60.8 Å². The summed E-state index contributed by atoms with van der Waals surface area (Å²) in [5.41, 5.74) is 0.505. The van der Waals surface area contributed by atoms with Crippen LogP contribution < -0.4 is 9.62 Å². The topological polar surface area (TPSA) is 75.7 Å². The predicted molar refractivity (Wildman–Crippen MR) is 118 cm³/mol. The number of fused-ring (bicyclic) bond motifs is 1. The molecular formula is C20H21ClN2O4S2. The van der Waals surface area contributed by atoms with Crippen LogP contribution in [0.4, 0.5) is 5.69 Å². The third-order valence-corrected chi connectivity index (χ3v) is 7.52. The molecule has 154 valence electrons. The minimum absolute atomic E-state index is 0.107. The molecule has 0 radical (unpaired) electrons. The van der Waals surface area contributed by atoms with E-state index >= 15 is 0 Å². The number of sulfonamides is 1. The smallest absolute Gasteiger partial charge is 0.264 e. The van der Waals surface area contributed by atoms with Gasteiger partial charge in [0.05, 0.1) is 22.1 Å². The zero-order valence-corrected chi connectivity index (χ0v) is 18.6. The lowest BCUT2D eigenvalue weighted by Crippen LogP contribution is -2.35. The number of amides is 1. The monoisotopic (exact) mass is 452 g/mol. The Hall–Kier alpha value is -2.13. The molecule has 0 aliphatic heterocycles. The highest BCUT2D eigenvalue weighted by Crippen LogP contribution is 2.31. The van der Waals surface area contributed by atoms with Crippen LogP contribution >= 0.6 is 22.9 Å². The summed E-state index contributed by atoms with van der Waals surface area (Å²) in [5.74, 6) is -0.181. The summed E-state index contributed by atoms with van der Waals surface area (Å²) in [7, 11) is -0.645. The van der Waals surface area contributed by atoms with Crippen LogP contribution in [0.25, 0.3) is 10.1 Å². The van der Waals surface area contributed by atoms with Crippen LogP contribution in [0.15, 0.2) is 53.4 Å². The van der Waals surface area contributed by atoms with Gasteiger partial charge in [0.1, 0.15) is 0 Å². The predicted octanol–water partition coefficient (Wildman–Crippen LogP) is 4.14. The summed E-state index contributed by atoms with van der Waals surface area (Å²) in [6, 6.07) is 13.0. The fourth-order valence-electron chi connectivity index (χ4n) is 2.83. The van der Waals surface area contributed by atoms with Gasteiger partial charge in [-0.1, -0.05) is 11.6 Å². The number of hydrogen-bond donors (Lipinski definition) is 1. The van der Waals surface area contributed by atoms with E-state index in [0.717, 1.165) is 10.1 Å². The van der Waals surface area contributed by atoms with E-state index in [-0.39, 0.29) is 16.8 Å². The lowest BCUT2D eigenvalue weighted by molar-refractivity contribution is 0.0909. The first-order chi connectivity index (χ1) is 13.7. The molecule has 1 amide bonds. The van der Waals surface area contributed by atoms with Crippen LogP contribution in [0.2, 0.25) is 5.02 Å². The van der Waals surface area contributed by atoms with Crippen LogP contribution in [0.5, 0.6) is 0 Å². The largest absolute Gasteiger partial charge is 0.383 e. The number of hydrogen-bond acceptors (Lipinski definition) is 5. The Morgan fingerprint density at radius 1 is 1.21 bits per heavy atom. The first-order valence-corrected chi connectivity index (χ1v) is 11.4. The Balaban J connectivity index is 1.87. The second-order valence-corrected chi connectivity index (χ2v) is 10.1. The molecule has 9 heteroatoms. The maximum absolute atomic E-state index is 12.9. The fourth-order valence-corrected chi connectivity index (χ4v) is 5.09. The van der Waals surface area contributed by atoms with E-state index in [1.165, 1.54) is 34.8 Å². The minimum atomic E-state index is -3.72. The minimum Gasteiger partial charge on any atom is -0.383 e. The Kier molecular flexibility index (Phi) is 6.48. The van der Waals surface area contributed by atoms with Gasteiger partial charge in [-0.25, -0.2) is 8.42 Å². The van der Waals surface area contributed by atoms with Crippen LogP contribution in [-0.2, 0) is 14.8 Å². The Labute approximate surface area is 179 Å². The molecule has 1 atom stereocenters. The Bertz CT molecular complexity index is 1130. The molecule has 0 unspecified atom stereocenters. The molecule has 1 aromatic heterocycles. The number of carbonyl (C=O) groups is 1. The molecular weight excluding hydrogens is 432 g/mol. The molecule has 0 aliphatic carbocycles. The second-order valence-electron chi connectivity index (χ2n) is 6.59. The number of nitrogens with one attached hydrogen (secondary N) is 1. The average molecular weight is 453 g/mol. The molecule has 0 fully saturated rings. The SMILES string of the molecule is COC[C@@H](C)NC(=O)c1cc2cc(N(C)S(=O)(=O)c3ccc(Cl)cc3)ccc2s1. The van der Waals surface area contributed by atoms with Crippen LogP contribution in [-0.4, -0.2) is 41.1 Å². The summed E-state index contributed by atoms with van der Waals surface area (Å²) < 4.78 is 32.9. The lowest BCUT2D eigenvalue weighted by atomic mass is 10.2. The van der Waals surface area contributed by atoms with Crippen molar-refractivity contribution in [2.45, 2.75) is 17.9 Å². The summed E-state index contributed by atoms with van der Waals surface area (Å²) >= 11 is 7.21. The van der Waals surface area contributed by atoms with Gasteiger partial charge in [-0.15, -0.1) is 11.3 Å². The van der Waals surface area contributed by atoms with E-state index in [1.807, 2.05) is 13.0 Å². The summed E-state index contributed by atoms with van der Waals surface area (Å²) in [5, 5.41) is 4.15. The van der Waals surface area contributed by atoms with Gasteiger partial charge in [0.2, 0.25) is 0 Å². The van der Waals surface area contributed by atoms with E-state index in [0.29, 0.717) is 22.2 Å².